The van der Waals surface area contributed by atoms with Crippen LogP contribution >= 0.6 is 0 Å². The minimum absolute atomic E-state index is 0.0579. The van der Waals surface area contributed by atoms with E-state index in [0.29, 0.717) is 53.6 Å². The van der Waals surface area contributed by atoms with Crippen LogP contribution in [0.3, 0.4) is 0 Å². The summed E-state index contributed by atoms with van der Waals surface area (Å²) in [5.74, 6) is 1.70. The second-order valence-corrected chi connectivity index (χ2v) is 9.53. The number of nitrogens with one attached hydrogen (secondary N) is 3. The van der Waals surface area contributed by atoms with E-state index >= 15 is 0 Å². The predicted molar refractivity (Wildman–Crippen MR) is 129 cm³/mol. The summed E-state index contributed by atoms with van der Waals surface area (Å²) in [6, 6.07) is 5.62. The van der Waals surface area contributed by atoms with Crippen LogP contribution in [-0.4, -0.2) is 64.6 Å². The maximum absolute atomic E-state index is 13.2. The van der Waals surface area contributed by atoms with Crippen molar-refractivity contribution in [3.05, 3.63) is 46.5 Å². The maximum atomic E-state index is 13.2. The second-order valence-electron chi connectivity index (χ2n) is 9.53. The number of hydrogen-bond donors (Lipinski definition) is 3. The maximum Gasteiger partial charge on any atom is 0.274 e. The minimum atomic E-state index is -0.224. The Morgan fingerprint density at radius 3 is 2.83 bits per heavy atom. The van der Waals surface area contributed by atoms with E-state index in [9.17, 15) is 9.59 Å². The molecule has 1 amide bonds. The Morgan fingerprint density at radius 1 is 1.26 bits per heavy atom. The van der Waals surface area contributed by atoms with Crippen molar-refractivity contribution in [1.82, 2.24) is 24.5 Å². The summed E-state index contributed by atoms with van der Waals surface area (Å²) in [7, 11) is 3.47. The third kappa shape index (κ3) is 3.84. The molecule has 184 valence electrons. The molecule has 11 nitrogen and oxygen atoms in total. The topological polar surface area (TPSA) is 124 Å². The number of anilines is 3. The van der Waals surface area contributed by atoms with Gasteiger partial charge < -0.3 is 30.0 Å². The molecule has 3 fully saturated rings. The highest BCUT2D eigenvalue weighted by Gasteiger charge is 2.55. The lowest BCUT2D eigenvalue weighted by Gasteiger charge is -2.14. The first-order valence-corrected chi connectivity index (χ1v) is 12.0. The van der Waals surface area contributed by atoms with Gasteiger partial charge in [-0.05, 0) is 31.4 Å². The van der Waals surface area contributed by atoms with Crippen LogP contribution in [-0.2, 0) is 9.47 Å². The average Bonchev–Trinajstić information content (AvgIpc) is 3.31. The molecule has 3 N–H and O–H groups in total. The summed E-state index contributed by atoms with van der Waals surface area (Å²) in [6.45, 7) is 1.42. The zero-order valence-electron chi connectivity index (χ0n) is 19.7. The van der Waals surface area contributed by atoms with Gasteiger partial charge in [-0.25, -0.2) is 4.98 Å². The first-order chi connectivity index (χ1) is 17.1. The Labute approximate surface area is 201 Å². The number of ether oxygens (including phenoxy) is 2. The zero-order valence-corrected chi connectivity index (χ0v) is 19.7. The van der Waals surface area contributed by atoms with E-state index in [-0.39, 0.29) is 29.7 Å². The Balaban J connectivity index is 1.28. The number of nitrogens with zero attached hydrogens (tertiary/aromatic N) is 4. The van der Waals surface area contributed by atoms with Gasteiger partial charge in [0, 0.05) is 50.3 Å². The van der Waals surface area contributed by atoms with E-state index in [1.165, 1.54) is 6.20 Å². The molecule has 35 heavy (non-hydrogen) atoms. The number of rotatable bonds is 7. The summed E-state index contributed by atoms with van der Waals surface area (Å²) >= 11 is 0. The molecule has 5 atom stereocenters. The monoisotopic (exact) mass is 479 g/mol. The van der Waals surface area contributed by atoms with Crippen LogP contribution in [0.4, 0.5) is 17.3 Å². The normalized spacial score (nSPS) is 27.1. The van der Waals surface area contributed by atoms with Gasteiger partial charge in [-0.2, -0.15) is 9.61 Å². The van der Waals surface area contributed by atoms with Crippen molar-refractivity contribution >= 4 is 28.9 Å². The number of methoxy groups -OCH3 is 1. The average molecular weight is 480 g/mol. The number of pyridine rings is 1. The van der Waals surface area contributed by atoms with Gasteiger partial charge in [-0.1, -0.05) is 0 Å². The van der Waals surface area contributed by atoms with Gasteiger partial charge in [0.1, 0.15) is 22.9 Å². The van der Waals surface area contributed by atoms with Crippen molar-refractivity contribution in [3.8, 4) is 0 Å². The number of carbonyl (C=O) groups excluding carboxylic acids is 1. The highest BCUT2D eigenvalue weighted by atomic mass is 16.5. The summed E-state index contributed by atoms with van der Waals surface area (Å²) in [6.07, 6.45) is 6.12. The number of amides is 1. The molecule has 4 heterocycles. The molecule has 3 aliphatic rings. The molecule has 0 bridgehead atoms. The van der Waals surface area contributed by atoms with Gasteiger partial charge in [0.15, 0.2) is 5.65 Å². The van der Waals surface area contributed by atoms with E-state index in [2.05, 4.69) is 26.0 Å². The van der Waals surface area contributed by atoms with Crippen molar-refractivity contribution in [2.45, 2.75) is 37.5 Å². The van der Waals surface area contributed by atoms with E-state index in [0.717, 1.165) is 19.3 Å². The van der Waals surface area contributed by atoms with Gasteiger partial charge >= 0.3 is 0 Å². The molecule has 2 saturated carbocycles. The summed E-state index contributed by atoms with van der Waals surface area (Å²) in [5.41, 5.74) is 1.12. The molecule has 6 rings (SSSR count). The predicted octanol–water partition coefficient (Wildman–Crippen LogP) is 1.79. The van der Waals surface area contributed by atoms with Crippen molar-refractivity contribution in [2.75, 3.05) is 38.0 Å². The minimum Gasteiger partial charge on any atom is -0.381 e. The van der Waals surface area contributed by atoms with E-state index in [1.807, 2.05) is 12.3 Å². The lowest BCUT2D eigenvalue weighted by atomic mass is 10.2. The molecular weight excluding hydrogens is 450 g/mol. The van der Waals surface area contributed by atoms with Crippen molar-refractivity contribution in [1.29, 1.82) is 0 Å². The zero-order chi connectivity index (χ0) is 24.1. The lowest BCUT2D eigenvalue weighted by molar-refractivity contribution is 0.0916. The van der Waals surface area contributed by atoms with E-state index in [1.54, 1.807) is 35.4 Å². The summed E-state index contributed by atoms with van der Waals surface area (Å²) in [5, 5.41) is 13.7. The first-order valence-electron chi connectivity index (χ1n) is 12.0. The fraction of sp³-hybridized carbons (Fsp3) is 0.500. The number of carbonyl (C=O) groups is 1. The third-order valence-corrected chi connectivity index (χ3v) is 7.49. The molecule has 0 radical (unpaired) electrons. The smallest absolute Gasteiger partial charge is 0.274 e. The Bertz CT molecular complexity index is 1330. The number of hydrogen-bond acceptors (Lipinski definition) is 8. The van der Waals surface area contributed by atoms with Crippen LogP contribution in [0.5, 0.6) is 0 Å². The van der Waals surface area contributed by atoms with Crippen LogP contribution in [0.25, 0.3) is 5.65 Å². The van der Waals surface area contributed by atoms with Gasteiger partial charge in [0.05, 0.1) is 25.5 Å². The molecular formula is C24H29N7O4. The lowest BCUT2D eigenvalue weighted by Crippen LogP contribution is -2.33. The quantitative estimate of drug-likeness (QED) is 0.469. The SMILES string of the molecule is CNc1cc(Nc2cccn([C@H]3[C@@H]4COC[C@@H]43)c2=O)nc2c(C(=O)NC3CC[C@H](OC)C3)cnn12. The highest BCUT2D eigenvalue weighted by molar-refractivity contribution is 6.00. The Kier molecular flexibility index (Phi) is 5.45. The van der Waals surface area contributed by atoms with Crippen molar-refractivity contribution < 1.29 is 14.3 Å². The van der Waals surface area contributed by atoms with Crippen molar-refractivity contribution in [3.63, 3.8) is 0 Å². The van der Waals surface area contributed by atoms with Gasteiger partial charge in [-0.15, -0.1) is 0 Å². The fourth-order valence-corrected chi connectivity index (χ4v) is 5.51. The number of aromatic nitrogens is 4. The van der Waals surface area contributed by atoms with Crippen LogP contribution in [0.1, 0.15) is 35.7 Å². The molecule has 1 unspecified atom stereocenters. The Hall–Kier alpha value is -3.44. The molecule has 1 aliphatic heterocycles. The fourth-order valence-electron chi connectivity index (χ4n) is 5.51. The second kappa shape index (κ2) is 8.65. The largest absolute Gasteiger partial charge is 0.381 e. The summed E-state index contributed by atoms with van der Waals surface area (Å²) < 4.78 is 14.3. The van der Waals surface area contributed by atoms with Gasteiger partial charge in [-0.3, -0.25) is 9.59 Å². The van der Waals surface area contributed by atoms with Crippen LogP contribution in [0.2, 0.25) is 0 Å². The Morgan fingerprint density at radius 2 is 2.09 bits per heavy atom. The molecule has 11 heteroatoms. The van der Waals surface area contributed by atoms with Crippen LogP contribution in [0, 0.1) is 11.8 Å². The molecule has 0 spiro atoms. The van der Waals surface area contributed by atoms with Crippen LogP contribution < -0.4 is 21.5 Å². The van der Waals surface area contributed by atoms with Crippen LogP contribution in [0.15, 0.2) is 35.4 Å². The van der Waals surface area contributed by atoms with Gasteiger partial charge in [0.2, 0.25) is 0 Å². The van der Waals surface area contributed by atoms with Gasteiger partial charge in [0.25, 0.3) is 11.5 Å². The first kappa shape index (κ1) is 22.1. The standard InChI is InChI=1S/C24H29N7O4/c1-25-20-9-19(28-18-4-3-7-30(24(18)33)21-16-11-35-12-17(16)21)29-22-15(10-26-31(20)22)23(32)27-13-5-6-14(8-13)34-2/h3-4,7,9-10,13-14,16-17,21,25H,5-6,8,11-12H2,1-2H3,(H,27,32)(H,28,29)/t13?,14-,16-,17+,21+/m0/s1. The van der Waals surface area contributed by atoms with E-state index < -0.39 is 0 Å². The third-order valence-electron chi connectivity index (χ3n) is 7.49. The number of fused-ring (bicyclic) bond motifs is 2. The molecule has 2 aliphatic carbocycles. The highest BCUT2D eigenvalue weighted by Crippen LogP contribution is 2.53. The molecule has 1 saturated heterocycles. The molecule has 3 aromatic rings. The molecule has 0 aromatic carbocycles. The van der Waals surface area contributed by atoms with Crippen molar-refractivity contribution in [2.24, 2.45) is 11.8 Å². The summed E-state index contributed by atoms with van der Waals surface area (Å²) in [4.78, 5) is 30.9. The van der Waals surface area contributed by atoms with E-state index in [4.69, 9.17) is 9.47 Å². The molecule has 3 aromatic heterocycles.